The molecule has 4 rings (SSSR count). The molecule has 1 aliphatic rings. The van der Waals surface area contributed by atoms with Crippen molar-refractivity contribution in [2.75, 3.05) is 4.90 Å². The van der Waals surface area contributed by atoms with E-state index in [2.05, 4.69) is 63.9 Å². The summed E-state index contributed by atoms with van der Waals surface area (Å²) in [6.07, 6.45) is 4.11. The Bertz CT molecular complexity index is 1120. The number of fused-ring (bicyclic) bond motifs is 1. The molecular weight excluding hydrogens is 418 g/mol. The maximum Gasteiger partial charge on any atom is 0.135 e. The Labute approximate surface area is 170 Å². The van der Waals surface area contributed by atoms with Crippen molar-refractivity contribution in [1.82, 2.24) is 4.98 Å². The first-order chi connectivity index (χ1) is 13.1. The molecule has 0 amide bonds. The molecule has 0 spiro atoms. The molecule has 0 fully saturated rings. The van der Waals surface area contributed by atoms with Crippen molar-refractivity contribution in [3.63, 3.8) is 0 Å². The number of benzene rings is 2. The highest BCUT2D eigenvalue weighted by Gasteiger charge is 2.20. The van der Waals surface area contributed by atoms with Crippen LogP contribution in [-0.2, 0) is 0 Å². The minimum absolute atomic E-state index is 0.613. The fourth-order valence-electron chi connectivity index (χ4n) is 3.27. The molecule has 0 aliphatic carbocycles. The van der Waals surface area contributed by atoms with E-state index >= 15 is 0 Å². The van der Waals surface area contributed by atoms with Crippen LogP contribution in [0.4, 0.5) is 5.69 Å². The minimum atomic E-state index is 0.613. The average molecular weight is 434 g/mol. The van der Waals surface area contributed by atoms with Gasteiger partial charge < -0.3 is 4.90 Å². The molecule has 0 atom stereocenters. The molecule has 0 unspecified atom stereocenters. The van der Waals surface area contributed by atoms with Crippen molar-refractivity contribution < 1.29 is 0 Å². The van der Waals surface area contributed by atoms with E-state index in [0.29, 0.717) is 5.57 Å². The molecule has 5 heteroatoms. The second-order valence-electron chi connectivity index (χ2n) is 6.29. The Kier molecular flexibility index (Phi) is 4.69. The standard InChI is InChI=1S/C22H16BrN3S/c1-14-11-16(12-15(2)26(14)20-9-5-3-7-18(20)23)17(13-24)22-25-19-8-4-6-10-21(19)27-22/h3-12H,1-2H3. The molecule has 132 valence electrons. The fraction of sp³-hybridized carbons (Fsp3) is 0.0909. The molecule has 1 aliphatic heterocycles. The summed E-state index contributed by atoms with van der Waals surface area (Å²) >= 11 is 5.19. The molecule has 0 saturated carbocycles. The molecular formula is C22H16BrN3S. The quantitative estimate of drug-likeness (QED) is 0.423. The summed E-state index contributed by atoms with van der Waals surface area (Å²) in [6, 6.07) is 18.5. The number of hydrogen-bond donors (Lipinski definition) is 0. The lowest BCUT2D eigenvalue weighted by molar-refractivity contribution is 1.04. The number of aromatic nitrogens is 1. The van der Waals surface area contributed by atoms with Gasteiger partial charge in [-0.2, -0.15) is 5.26 Å². The Morgan fingerprint density at radius 1 is 1.04 bits per heavy atom. The number of allylic oxidation sites excluding steroid dienone is 6. The monoisotopic (exact) mass is 433 g/mol. The van der Waals surface area contributed by atoms with Crippen LogP contribution in [0.3, 0.4) is 0 Å². The first kappa shape index (κ1) is 17.7. The normalized spacial score (nSPS) is 14.0. The van der Waals surface area contributed by atoms with Crippen LogP contribution >= 0.6 is 27.3 Å². The number of hydrogen-bond acceptors (Lipinski definition) is 4. The highest BCUT2D eigenvalue weighted by molar-refractivity contribution is 9.10. The maximum absolute atomic E-state index is 9.84. The van der Waals surface area contributed by atoms with E-state index in [1.54, 1.807) is 11.3 Å². The third kappa shape index (κ3) is 3.23. The molecule has 0 N–H and O–H groups in total. The van der Waals surface area contributed by atoms with Crippen LogP contribution < -0.4 is 4.90 Å². The molecule has 3 nitrogen and oxygen atoms in total. The number of nitrogens with zero attached hydrogens (tertiary/aromatic N) is 3. The van der Waals surface area contributed by atoms with Gasteiger partial charge in [-0.15, -0.1) is 11.3 Å². The predicted molar refractivity (Wildman–Crippen MR) is 116 cm³/mol. The predicted octanol–water partition coefficient (Wildman–Crippen LogP) is 6.66. The number of thiazole rings is 1. The van der Waals surface area contributed by atoms with Crippen LogP contribution in [-0.4, -0.2) is 4.98 Å². The topological polar surface area (TPSA) is 39.9 Å². The molecule has 0 saturated heterocycles. The first-order valence-corrected chi connectivity index (χ1v) is 10.1. The number of nitriles is 1. The summed E-state index contributed by atoms with van der Waals surface area (Å²) in [5.41, 5.74) is 5.64. The van der Waals surface area contributed by atoms with Gasteiger partial charge in [0.05, 0.1) is 21.5 Å². The van der Waals surface area contributed by atoms with Crippen LogP contribution in [0.2, 0.25) is 0 Å². The minimum Gasteiger partial charge on any atom is -0.317 e. The van der Waals surface area contributed by atoms with E-state index in [0.717, 1.165) is 42.4 Å². The fourth-order valence-corrected chi connectivity index (χ4v) is 4.72. The molecule has 0 radical (unpaired) electrons. The van der Waals surface area contributed by atoms with Gasteiger partial charge in [-0.05, 0) is 71.8 Å². The number of anilines is 1. The smallest absolute Gasteiger partial charge is 0.135 e. The van der Waals surface area contributed by atoms with Crippen molar-refractivity contribution in [3.8, 4) is 6.07 Å². The zero-order chi connectivity index (χ0) is 19.0. The molecule has 3 aromatic rings. The van der Waals surface area contributed by atoms with Crippen molar-refractivity contribution in [3.05, 3.63) is 87.1 Å². The Morgan fingerprint density at radius 2 is 1.70 bits per heavy atom. The molecule has 27 heavy (non-hydrogen) atoms. The average Bonchev–Trinajstić information content (AvgIpc) is 3.07. The van der Waals surface area contributed by atoms with Gasteiger partial charge >= 0.3 is 0 Å². The van der Waals surface area contributed by atoms with Crippen LogP contribution in [0, 0.1) is 11.3 Å². The van der Waals surface area contributed by atoms with E-state index in [1.165, 1.54) is 0 Å². The van der Waals surface area contributed by atoms with Crippen LogP contribution in [0.1, 0.15) is 18.9 Å². The second-order valence-corrected chi connectivity index (χ2v) is 8.17. The third-order valence-corrected chi connectivity index (χ3v) is 6.16. The maximum atomic E-state index is 9.84. The van der Waals surface area contributed by atoms with Crippen molar-refractivity contribution in [1.29, 1.82) is 5.26 Å². The number of halogens is 1. The second kappa shape index (κ2) is 7.15. The van der Waals surface area contributed by atoms with Gasteiger partial charge in [0.25, 0.3) is 0 Å². The summed E-state index contributed by atoms with van der Waals surface area (Å²) in [6.45, 7) is 4.12. The zero-order valence-electron chi connectivity index (χ0n) is 14.9. The van der Waals surface area contributed by atoms with Gasteiger partial charge in [-0.25, -0.2) is 4.98 Å². The lowest BCUT2D eigenvalue weighted by atomic mass is 10.0. The van der Waals surface area contributed by atoms with Gasteiger partial charge in [-0.3, -0.25) is 0 Å². The SMILES string of the molecule is CC1=CC(=C(C#N)c2nc3ccccc3s2)C=C(C)N1c1ccccc1Br. The van der Waals surface area contributed by atoms with Crippen LogP contribution in [0.15, 0.2) is 82.1 Å². The third-order valence-electron chi connectivity index (χ3n) is 4.44. The van der Waals surface area contributed by atoms with E-state index in [4.69, 9.17) is 0 Å². The van der Waals surface area contributed by atoms with E-state index in [1.807, 2.05) is 42.5 Å². The Morgan fingerprint density at radius 3 is 2.37 bits per heavy atom. The lowest BCUT2D eigenvalue weighted by Crippen LogP contribution is -2.22. The largest absolute Gasteiger partial charge is 0.317 e. The highest BCUT2D eigenvalue weighted by Crippen LogP contribution is 2.37. The van der Waals surface area contributed by atoms with E-state index < -0.39 is 0 Å². The molecule has 1 aromatic heterocycles. The number of rotatable bonds is 2. The van der Waals surface area contributed by atoms with Crippen molar-refractivity contribution in [2.24, 2.45) is 0 Å². The summed E-state index contributed by atoms with van der Waals surface area (Å²) < 4.78 is 2.12. The molecule has 2 aromatic carbocycles. The first-order valence-electron chi connectivity index (χ1n) is 8.50. The zero-order valence-corrected chi connectivity index (χ0v) is 17.3. The van der Waals surface area contributed by atoms with Gasteiger partial charge in [0.15, 0.2) is 0 Å². The van der Waals surface area contributed by atoms with Gasteiger partial charge in [0.2, 0.25) is 0 Å². The molecule has 2 heterocycles. The van der Waals surface area contributed by atoms with Crippen LogP contribution in [0.5, 0.6) is 0 Å². The van der Waals surface area contributed by atoms with Crippen LogP contribution in [0.25, 0.3) is 15.8 Å². The summed E-state index contributed by atoms with van der Waals surface area (Å²) in [4.78, 5) is 6.84. The van der Waals surface area contributed by atoms with Gasteiger partial charge in [0, 0.05) is 15.9 Å². The van der Waals surface area contributed by atoms with E-state index in [-0.39, 0.29) is 0 Å². The summed E-state index contributed by atoms with van der Waals surface area (Å²) in [5, 5.41) is 10.6. The highest BCUT2D eigenvalue weighted by atomic mass is 79.9. The summed E-state index contributed by atoms with van der Waals surface area (Å²) in [5.74, 6) is 0. The lowest BCUT2D eigenvalue weighted by Gasteiger charge is -2.30. The van der Waals surface area contributed by atoms with Gasteiger partial charge in [0.1, 0.15) is 11.1 Å². The Balaban J connectivity index is 1.82. The van der Waals surface area contributed by atoms with Crippen molar-refractivity contribution in [2.45, 2.75) is 13.8 Å². The summed E-state index contributed by atoms with van der Waals surface area (Å²) in [7, 11) is 0. The van der Waals surface area contributed by atoms with E-state index in [9.17, 15) is 5.26 Å². The Hall–Kier alpha value is -2.68. The van der Waals surface area contributed by atoms with Crippen molar-refractivity contribution >= 4 is 48.7 Å². The molecule has 0 bridgehead atoms. The van der Waals surface area contributed by atoms with Gasteiger partial charge in [-0.1, -0.05) is 24.3 Å². The number of para-hydroxylation sites is 2.